The van der Waals surface area contributed by atoms with E-state index in [4.69, 9.17) is 9.47 Å². The maximum absolute atomic E-state index is 12.0. The fourth-order valence-corrected chi connectivity index (χ4v) is 1.99. The highest BCUT2D eigenvalue weighted by Gasteiger charge is 2.24. The van der Waals surface area contributed by atoms with E-state index >= 15 is 0 Å². The summed E-state index contributed by atoms with van der Waals surface area (Å²) >= 11 is 0. The average molecular weight is 290 g/mol. The Kier molecular flexibility index (Phi) is 5.75. The van der Waals surface area contributed by atoms with E-state index in [9.17, 15) is 9.59 Å². The molecule has 0 N–H and O–H groups in total. The third-order valence-electron chi connectivity index (χ3n) is 3.09. The molecule has 0 aromatic carbocycles. The van der Waals surface area contributed by atoms with E-state index in [0.29, 0.717) is 0 Å². The molecule has 0 radical (unpaired) electrons. The zero-order chi connectivity index (χ0) is 14.9. The van der Waals surface area contributed by atoms with E-state index in [1.165, 1.54) is 0 Å². The van der Waals surface area contributed by atoms with Crippen LogP contribution in [0.25, 0.3) is 0 Å². The molecular weight excluding hydrogens is 272 g/mol. The van der Waals surface area contributed by atoms with Gasteiger partial charge in [0.05, 0.1) is 13.2 Å². The van der Waals surface area contributed by atoms with Crippen molar-refractivity contribution < 1.29 is 19.1 Å². The summed E-state index contributed by atoms with van der Waals surface area (Å²) < 4.78 is 10.0. The van der Waals surface area contributed by atoms with Gasteiger partial charge in [0, 0.05) is 24.8 Å². The van der Waals surface area contributed by atoms with Crippen LogP contribution in [0.3, 0.4) is 0 Å². The summed E-state index contributed by atoms with van der Waals surface area (Å²) in [6.45, 7) is 0.676. The van der Waals surface area contributed by atoms with Crippen molar-refractivity contribution in [3.8, 4) is 0 Å². The number of esters is 1. The second-order valence-electron chi connectivity index (χ2n) is 4.70. The Balaban J connectivity index is 1.82. The molecule has 0 fully saturated rings. The predicted molar refractivity (Wildman–Crippen MR) is 77.2 cm³/mol. The highest BCUT2D eigenvalue weighted by atomic mass is 16.6. The maximum atomic E-state index is 12.0. The van der Waals surface area contributed by atoms with Gasteiger partial charge in [-0.15, -0.1) is 0 Å². The van der Waals surface area contributed by atoms with Crippen molar-refractivity contribution >= 4 is 18.7 Å². The number of carbonyl (C=O) groups is 2. The number of hydrogen-bond acceptors (Lipinski definition) is 6. The van der Waals surface area contributed by atoms with Gasteiger partial charge in [0.2, 0.25) is 6.10 Å². The Labute approximate surface area is 123 Å². The van der Waals surface area contributed by atoms with Gasteiger partial charge >= 0.3 is 5.97 Å². The molecule has 1 heterocycles. The smallest absolute Gasteiger partial charge is 0.349 e. The lowest BCUT2D eigenvalue weighted by molar-refractivity contribution is -0.163. The van der Waals surface area contributed by atoms with Crippen LogP contribution in [0.1, 0.15) is 12.8 Å². The molecule has 1 aliphatic heterocycles. The zero-order valence-electron chi connectivity index (χ0n) is 11.6. The third-order valence-corrected chi connectivity index (χ3v) is 3.09. The summed E-state index contributed by atoms with van der Waals surface area (Å²) in [5.74, 6) is -0.386. The topological polar surface area (TPSA) is 68.2 Å². The lowest BCUT2D eigenvalue weighted by Crippen LogP contribution is -2.36. The van der Waals surface area contributed by atoms with Crippen LogP contribution < -0.4 is 0 Å². The van der Waals surface area contributed by atoms with Crippen molar-refractivity contribution in [2.24, 2.45) is 11.0 Å². The fourth-order valence-electron chi connectivity index (χ4n) is 1.99. The Morgan fingerprint density at radius 3 is 3.00 bits per heavy atom. The minimum atomic E-state index is -0.981. The third kappa shape index (κ3) is 4.91. The molecule has 6 heteroatoms. The Bertz CT molecular complexity index is 470. The van der Waals surface area contributed by atoms with Crippen molar-refractivity contribution in [2.75, 3.05) is 13.2 Å². The van der Waals surface area contributed by atoms with Gasteiger partial charge < -0.3 is 9.47 Å². The molecule has 0 saturated carbocycles. The highest BCUT2D eigenvalue weighted by molar-refractivity contribution is 5.76. The van der Waals surface area contributed by atoms with E-state index in [1.807, 2.05) is 30.4 Å². The monoisotopic (exact) mass is 290 g/mol. The van der Waals surface area contributed by atoms with Gasteiger partial charge in [-0.25, -0.2) is 4.79 Å². The maximum Gasteiger partial charge on any atom is 0.349 e. The van der Waals surface area contributed by atoms with Gasteiger partial charge in [0.1, 0.15) is 0 Å². The van der Waals surface area contributed by atoms with E-state index in [1.54, 1.807) is 17.4 Å². The largest absolute Gasteiger partial charge is 0.462 e. The molecule has 0 spiro atoms. The number of hydrazone groups is 1. The van der Waals surface area contributed by atoms with Crippen LogP contribution in [0, 0.1) is 5.92 Å². The van der Waals surface area contributed by atoms with Crippen LogP contribution >= 0.6 is 0 Å². The normalized spacial score (nSPS) is 21.1. The highest BCUT2D eigenvalue weighted by Crippen LogP contribution is 2.12. The Morgan fingerprint density at radius 2 is 2.33 bits per heavy atom. The first-order valence-corrected chi connectivity index (χ1v) is 6.84. The van der Waals surface area contributed by atoms with Crippen molar-refractivity contribution in [2.45, 2.75) is 18.9 Å². The summed E-state index contributed by atoms with van der Waals surface area (Å²) in [6, 6.07) is 0. The Hall–Kier alpha value is -2.37. The van der Waals surface area contributed by atoms with Crippen LogP contribution in [0.5, 0.6) is 0 Å². The molecule has 112 valence electrons. The first-order valence-electron chi connectivity index (χ1n) is 6.84. The molecule has 0 aromatic heterocycles. The van der Waals surface area contributed by atoms with Crippen LogP contribution in [0.4, 0.5) is 0 Å². The predicted octanol–water partition coefficient (Wildman–Crippen LogP) is 1.41. The lowest BCUT2D eigenvalue weighted by atomic mass is 10.0. The number of rotatable bonds is 7. The molecular formula is C15H18N2O4. The second-order valence-corrected chi connectivity index (χ2v) is 4.70. The van der Waals surface area contributed by atoms with Crippen molar-refractivity contribution in [1.29, 1.82) is 0 Å². The zero-order valence-corrected chi connectivity index (χ0v) is 11.6. The first-order chi connectivity index (χ1) is 10.3. The second kappa shape index (κ2) is 8.04. The standard InChI is InChI=1S/C15H18N2O4/c18-12-21-14(10-17-9-5-4-8-16-17)15(19)20-11-13-6-2-1-3-7-13/h1-3,5-6,8-9,12-14H,4,7,10-11H2/t13?,14-/m1/s1. The van der Waals surface area contributed by atoms with Crippen LogP contribution in [0.2, 0.25) is 0 Å². The van der Waals surface area contributed by atoms with Crippen molar-refractivity contribution in [3.05, 3.63) is 36.6 Å². The number of allylic oxidation sites excluding steroid dienone is 4. The minimum Gasteiger partial charge on any atom is -0.462 e. The van der Waals surface area contributed by atoms with Crippen LogP contribution in [-0.4, -0.2) is 42.9 Å². The van der Waals surface area contributed by atoms with E-state index < -0.39 is 12.1 Å². The summed E-state index contributed by atoms with van der Waals surface area (Å²) in [4.78, 5) is 22.5. The van der Waals surface area contributed by atoms with E-state index in [0.717, 1.165) is 12.8 Å². The van der Waals surface area contributed by atoms with Crippen LogP contribution in [-0.2, 0) is 19.1 Å². The van der Waals surface area contributed by atoms with Gasteiger partial charge in [-0.05, 0) is 6.42 Å². The van der Waals surface area contributed by atoms with E-state index in [-0.39, 0.29) is 25.5 Å². The Morgan fingerprint density at radius 1 is 1.43 bits per heavy atom. The molecule has 6 nitrogen and oxygen atoms in total. The molecule has 0 amide bonds. The molecule has 1 unspecified atom stereocenters. The minimum absolute atomic E-state index is 0.144. The van der Waals surface area contributed by atoms with Gasteiger partial charge in [-0.2, -0.15) is 5.10 Å². The van der Waals surface area contributed by atoms with E-state index in [2.05, 4.69) is 5.10 Å². The number of nitrogens with zero attached hydrogens (tertiary/aromatic N) is 2. The van der Waals surface area contributed by atoms with Gasteiger partial charge in [0.15, 0.2) is 0 Å². The van der Waals surface area contributed by atoms with Crippen molar-refractivity contribution in [3.63, 3.8) is 0 Å². The molecule has 2 aliphatic rings. The number of carbonyl (C=O) groups excluding carboxylic acids is 2. The van der Waals surface area contributed by atoms with Gasteiger partial charge in [0.25, 0.3) is 6.47 Å². The number of hydrogen-bond donors (Lipinski definition) is 0. The summed E-state index contributed by atoms with van der Waals surface area (Å²) in [5.41, 5.74) is 0. The molecule has 0 saturated heterocycles. The lowest BCUT2D eigenvalue weighted by Gasteiger charge is -2.22. The number of ether oxygens (including phenoxy) is 2. The summed E-state index contributed by atoms with van der Waals surface area (Å²) in [5, 5.41) is 5.63. The first kappa shape index (κ1) is 15.0. The fraction of sp³-hybridized carbons (Fsp3) is 0.400. The van der Waals surface area contributed by atoms with Crippen molar-refractivity contribution in [1.82, 2.24) is 5.01 Å². The van der Waals surface area contributed by atoms with Crippen LogP contribution in [0.15, 0.2) is 41.7 Å². The van der Waals surface area contributed by atoms with Gasteiger partial charge in [-0.3, -0.25) is 9.80 Å². The van der Waals surface area contributed by atoms with Gasteiger partial charge in [-0.1, -0.05) is 30.4 Å². The molecule has 1 aliphatic carbocycles. The molecule has 21 heavy (non-hydrogen) atoms. The molecule has 0 aromatic rings. The average Bonchev–Trinajstić information content (AvgIpc) is 2.54. The quantitative estimate of drug-likeness (QED) is 0.524. The molecule has 0 bridgehead atoms. The molecule has 2 atom stereocenters. The SMILES string of the molecule is O=CO[C@H](CN1C=CCC=N1)C(=O)OCC1C=CC=CC1. The molecule has 2 rings (SSSR count). The summed E-state index contributed by atoms with van der Waals surface area (Å²) in [6.07, 6.45) is 13.8. The summed E-state index contributed by atoms with van der Waals surface area (Å²) in [7, 11) is 0.